The summed E-state index contributed by atoms with van der Waals surface area (Å²) in [6, 6.07) is 0. The number of rotatable bonds is 4. The maximum atomic E-state index is 12.0. The zero-order valence-corrected chi connectivity index (χ0v) is 17.7. The van der Waals surface area contributed by atoms with Gasteiger partial charge < -0.3 is 4.74 Å². The Labute approximate surface area is 169 Å². The van der Waals surface area contributed by atoms with Gasteiger partial charge in [0, 0.05) is 6.42 Å². The predicted molar refractivity (Wildman–Crippen MR) is 109 cm³/mol. The van der Waals surface area contributed by atoms with Crippen molar-refractivity contribution in [1.29, 1.82) is 0 Å². The second-order valence-corrected chi connectivity index (χ2v) is 10.6. The highest BCUT2D eigenvalue weighted by Crippen LogP contribution is 2.65. The number of hydrogen-bond donors (Lipinski definition) is 1. The van der Waals surface area contributed by atoms with E-state index >= 15 is 0 Å². The van der Waals surface area contributed by atoms with Crippen LogP contribution in [0.4, 0.5) is 0 Å². The van der Waals surface area contributed by atoms with Gasteiger partial charge in [-0.1, -0.05) is 25.8 Å². The lowest BCUT2D eigenvalue weighted by atomic mass is 9.47. The van der Waals surface area contributed by atoms with E-state index in [1.807, 2.05) is 0 Å². The third-order valence-corrected chi connectivity index (χ3v) is 8.90. The number of carbonyl (C=O) groups is 2. The Morgan fingerprint density at radius 3 is 2.67 bits per heavy atom. The van der Waals surface area contributed by atoms with Gasteiger partial charge in [0.15, 0.2) is 5.12 Å². The van der Waals surface area contributed by atoms with Gasteiger partial charge in [0.2, 0.25) is 0 Å². The van der Waals surface area contributed by atoms with Gasteiger partial charge in [-0.25, -0.2) is 0 Å². The second-order valence-electron chi connectivity index (χ2n) is 10.1. The summed E-state index contributed by atoms with van der Waals surface area (Å²) in [7, 11) is 0. The fourth-order valence-electron chi connectivity index (χ4n) is 7.22. The summed E-state index contributed by atoms with van der Waals surface area (Å²) in [4.78, 5) is 23.0. The van der Waals surface area contributed by atoms with Gasteiger partial charge in [0.1, 0.15) is 6.10 Å². The lowest BCUT2D eigenvalue weighted by Gasteiger charge is -2.57. The van der Waals surface area contributed by atoms with Crippen molar-refractivity contribution in [3.63, 3.8) is 0 Å². The van der Waals surface area contributed by atoms with Crippen molar-refractivity contribution in [3.8, 4) is 0 Å². The second kappa shape index (κ2) is 7.24. The molecule has 0 N–H and O–H groups in total. The van der Waals surface area contributed by atoms with Crippen molar-refractivity contribution in [1.82, 2.24) is 0 Å². The number of carbonyl (C=O) groups excluding carboxylic acids is 2. The number of esters is 1. The molecule has 0 bridgehead atoms. The van der Waals surface area contributed by atoms with E-state index in [-0.39, 0.29) is 30.0 Å². The first-order valence-corrected chi connectivity index (χ1v) is 11.4. The fourth-order valence-corrected chi connectivity index (χ4v) is 7.33. The highest BCUT2D eigenvalue weighted by atomic mass is 32.1. The van der Waals surface area contributed by atoms with Crippen LogP contribution in [-0.2, 0) is 14.3 Å². The third-order valence-electron chi connectivity index (χ3n) is 8.68. The molecule has 3 fully saturated rings. The molecule has 0 heterocycles. The average Bonchev–Trinajstić information content (AvgIpc) is 3.02. The number of thiol groups is 1. The predicted octanol–water partition coefficient (Wildman–Crippen LogP) is 5.49. The molecule has 6 atom stereocenters. The Morgan fingerprint density at radius 1 is 1.07 bits per heavy atom. The van der Waals surface area contributed by atoms with Gasteiger partial charge in [-0.05, 0) is 86.0 Å². The largest absolute Gasteiger partial charge is 0.458 e. The summed E-state index contributed by atoms with van der Waals surface area (Å²) in [5.41, 5.74) is 2.45. The molecule has 0 radical (unpaired) electrons. The van der Waals surface area contributed by atoms with Crippen molar-refractivity contribution in [2.75, 3.05) is 0 Å². The SMILES string of the molecule is C[C@@]12CCC[C@H]1[C@@H]1CCC3=CC(OC(=O)CCC(=O)S)CC[C@]3(C)[C@H]1CC2. The van der Waals surface area contributed by atoms with Gasteiger partial charge in [0.25, 0.3) is 0 Å². The summed E-state index contributed by atoms with van der Waals surface area (Å²) in [6.45, 7) is 5.05. The van der Waals surface area contributed by atoms with Crippen LogP contribution in [0, 0.1) is 28.6 Å². The molecule has 0 spiro atoms. The Morgan fingerprint density at radius 2 is 1.89 bits per heavy atom. The highest BCUT2D eigenvalue weighted by molar-refractivity contribution is 7.96. The maximum Gasteiger partial charge on any atom is 0.306 e. The molecule has 0 aromatic heterocycles. The van der Waals surface area contributed by atoms with E-state index in [1.165, 1.54) is 44.9 Å². The summed E-state index contributed by atoms with van der Waals surface area (Å²) in [5.74, 6) is 2.38. The molecule has 4 aliphatic rings. The standard InChI is InChI=1S/C23H34O3S/c1-22-11-3-4-18(22)17-6-5-15-14-16(26-20(24)7-8-21(25)27)9-13-23(15,2)19(17)10-12-22/h14,16-19H,3-13H2,1-2H3,(H,25,27)/t16?,17-,18-,19-,22-,23-/m0/s1. The van der Waals surface area contributed by atoms with Crippen LogP contribution in [-0.4, -0.2) is 17.2 Å². The molecule has 0 aliphatic heterocycles. The molecule has 3 nitrogen and oxygen atoms in total. The van der Waals surface area contributed by atoms with Gasteiger partial charge in [-0.15, -0.1) is 12.6 Å². The summed E-state index contributed by atoms with van der Waals surface area (Å²) >= 11 is 3.73. The van der Waals surface area contributed by atoms with E-state index in [0.29, 0.717) is 10.8 Å². The molecule has 4 heteroatoms. The molecule has 0 aromatic rings. The van der Waals surface area contributed by atoms with Crippen molar-refractivity contribution < 1.29 is 14.3 Å². The highest BCUT2D eigenvalue weighted by Gasteiger charge is 2.56. The summed E-state index contributed by atoms with van der Waals surface area (Å²) in [6.07, 6.45) is 14.1. The van der Waals surface area contributed by atoms with E-state index in [0.717, 1.165) is 30.6 Å². The number of hydrogen-bond acceptors (Lipinski definition) is 3. The first-order chi connectivity index (χ1) is 12.8. The van der Waals surface area contributed by atoms with Crippen LogP contribution in [0.5, 0.6) is 0 Å². The normalized spacial score (nSPS) is 43.1. The Hall–Kier alpha value is -0.770. The van der Waals surface area contributed by atoms with E-state index in [9.17, 15) is 9.59 Å². The molecule has 150 valence electrons. The van der Waals surface area contributed by atoms with Gasteiger partial charge in [-0.3, -0.25) is 9.59 Å². The number of allylic oxidation sites excluding steroid dienone is 1. The minimum absolute atomic E-state index is 0.104. The van der Waals surface area contributed by atoms with E-state index < -0.39 is 0 Å². The van der Waals surface area contributed by atoms with Gasteiger partial charge in [0.05, 0.1) is 6.42 Å². The minimum atomic E-state index is -0.268. The molecule has 3 saturated carbocycles. The quantitative estimate of drug-likeness (QED) is 0.392. The maximum absolute atomic E-state index is 12.0. The zero-order chi connectivity index (χ0) is 19.2. The molecule has 0 aromatic carbocycles. The molecular weight excluding hydrogens is 356 g/mol. The average molecular weight is 391 g/mol. The van der Waals surface area contributed by atoms with Crippen LogP contribution in [0.15, 0.2) is 11.6 Å². The van der Waals surface area contributed by atoms with Crippen LogP contribution in [0.25, 0.3) is 0 Å². The zero-order valence-electron chi connectivity index (χ0n) is 16.8. The first kappa shape index (κ1) is 19.5. The minimum Gasteiger partial charge on any atom is -0.458 e. The van der Waals surface area contributed by atoms with Crippen molar-refractivity contribution in [2.45, 2.75) is 90.6 Å². The lowest BCUT2D eigenvalue weighted by Crippen LogP contribution is -2.49. The summed E-state index contributed by atoms with van der Waals surface area (Å²) in [5, 5.41) is -0.254. The van der Waals surface area contributed by atoms with Crippen LogP contribution >= 0.6 is 12.6 Å². The Balaban J connectivity index is 1.46. The fraction of sp³-hybridized carbons (Fsp3) is 0.826. The van der Waals surface area contributed by atoms with E-state index in [1.54, 1.807) is 5.57 Å². The Kier molecular flexibility index (Phi) is 5.24. The lowest BCUT2D eigenvalue weighted by molar-refractivity contribution is -0.148. The van der Waals surface area contributed by atoms with Crippen LogP contribution in [0.1, 0.15) is 84.5 Å². The molecular formula is C23H34O3S. The molecule has 0 amide bonds. The topological polar surface area (TPSA) is 43.4 Å². The smallest absolute Gasteiger partial charge is 0.306 e. The third kappa shape index (κ3) is 3.52. The van der Waals surface area contributed by atoms with Crippen LogP contribution < -0.4 is 0 Å². The number of ether oxygens (including phenoxy) is 1. The van der Waals surface area contributed by atoms with Crippen molar-refractivity contribution in [3.05, 3.63) is 11.6 Å². The first-order valence-electron chi connectivity index (χ1n) is 10.9. The number of fused-ring (bicyclic) bond motifs is 5. The van der Waals surface area contributed by atoms with E-state index in [4.69, 9.17) is 4.74 Å². The van der Waals surface area contributed by atoms with Crippen molar-refractivity contribution >= 4 is 23.7 Å². The molecule has 4 rings (SSSR count). The van der Waals surface area contributed by atoms with Gasteiger partial charge >= 0.3 is 5.97 Å². The molecule has 27 heavy (non-hydrogen) atoms. The Bertz CT molecular complexity index is 656. The van der Waals surface area contributed by atoms with E-state index in [2.05, 4.69) is 32.6 Å². The van der Waals surface area contributed by atoms with Crippen molar-refractivity contribution in [2.24, 2.45) is 28.6 Å². The monoisotopic (exact) mass is 390 g/mol. The van der Waals surface area contributed by atoms with Crippen LogP contribution in [0.3, 0.4) is 0 Å². The molecule has 4 aliphatic carbocycles. The molecule has 1 unspecified atom stereocenters. The summed E-state index contributed by atoms with van der Waals surface area (Å²) < 4.78 is 5.66. The molecule has 0 saturated heterocycles. The van der Waals surface area contributed by atoms with Crippen LogP contribution in [0.2, 0.25) is 0 Å². The van der Waals surface area contributed by atoms with Gasteiger partial charge in [-0.2, -0.15) is 0 Å².